The first-order valence-electron chi connectivity index (χ1n) is 10.1. The number of amides is 1. The van der Waals surface area contributed by atoms with Crippen LogP contribution in [0.2, 0.25) is 5.02 Å². The Balaban J connectivity index is 1.79. The van der Waals surface area contributed by atoms with E-state index in [1.165, 1.54) is 10.5 Å². The lowest BCUT2D eigenvalue weighted by atomic mass is 9.97. The van der Waals surface area contributed by atoms with Gasteiger partial charge in [0.1, 0.15) is 11.4 Å². The van der Waals surface area contributed by atoms with Crippen LogP contribution in [-0.2, 0) is 6.42 Å². The summed E-state index contributed by atoms with van der Waals surface area (Å²) in [6.07, 6.45) is 2.60. The minimum Gasteiger partial charge on any atom is -0.450 e. The van der Waals surface area contributed by atoms with Gasteiger partial charge in [0.05, 0.1) is 17.0 Å². The lowest BCUT2D eigenvalue weighted by Crippen LogP contribution is -2.30. The van der Waals surface area contributed by atoms with Crippen molar-refractivity contribution < 1.29 is 9.21 Å². The maximum atomic E-state index is 13.5. The Labute approximate surface area is 183 Å². The van der Waals surface area contributed by atoms with E-state index in [4.69, 9.17) is 16.0 Å². The van der Waals surface area contributed by atoms with E-state index in [0.29, 0.717) is 27.4 Å². The number of hydrogen-bond acceptors (Lipinski definition) is 4. The minimum absolute atomic E-state index is 0.0479. The van der Waals surface area contributed by atoms with Crippen LogP contribution in [-0.4, -0.2) is 10.9 Å². The van der Waals surface area contributed by atoms with Crippen LogP contribution in [0, 0.1) is 6.92 Å². The van der Waals surface area contributed by atoms with E-state index in [1.807, 2.05) is 37.3 Å². The Morgan fingerprint density at radius 3 is 2.52 bits per heavy atom. The van der Waals surface area contributed by atoms with Crippen molar-refractivity contribution in [1.29, 1.82) is 0 Å². The lowest BCUT2D eigenvalue weighted by Gasteiger charge is -2.24. The molecule has 1 aliphatic heterocycles. The van der Waals surface area contributed by atoms with E-state index in [9.17, 15) is 9.59 Å². The molecular formula is C25H19ClN2O3. The Kier molecular flexibility index (Phi) is 4.63. The fraction of sp³-hybridized carbons (Fsp3) is 0.160. The summed E-state index contributed by atoms with van der Waals surface area (Å²) in [4.78, 5) is 33.0. The van der Waals surface area contributed by atoms with Crippen LogP contribution >= 0.6 is 11.6 Å². The standard InChI is InChI=1S/C25H19ClN2O3/c1-3-15-5-7-16(8-6-15)22-21-23(29)18-12-17(26)9-10-19(18)31-24(21)25(30)28(22)20-11-4-14(2)13-27-20/h4-13,22H,3H2,1-2H3. The zero-order valence-corrected chi connectivity index (χ0v) is 17.8. The highest BCUT2D eigenvalue weighted by Crippen LogP contribution is 2.40. The second kappa shape index (κ2) is 7.36. The molecule has 5 nitrogen and oxygen atoms in total. The first-order chi connectivity index (χ1) is 15.0. The van der Waals surface area contributed by atoms with Gasteiger partial charge < -0.3 is 4.42 Å². The third kappa shape index (κ3) is 3.13. The number of fused-ring (bicyclic) bond motifs is 2. The second-order valence-electron chi connectivity index (χ2n) is 7.68. The van der Waals surface area contributed by atoms with Crippen molar-refractivity contribution in [2.24, 2.45) is 0 Å². The molecule has 0 saturated heterocycles. The fourth-order valence-corrected chi connectivity index (χ4v) is 4.21. The molecule has 154 valence electrons. The molecular weight excluding hydrogens is 412 g/mol. The number of pyridine rings is 1. The Hall–Kier alpha value is -3.44. The van der Waals surface area contributed by atoms with Crippen molar-refractivity contribution in [3.8, 4) is 0 Å². The number of anilines is 1. The monoisotopic (exact) mass is 430 g/mol. The van der Waals surface area contributed by atoms with Gasteiger partial charge in [-0.2, -0.15) is 0 Å². The molecule has 0 N–H and O–H groups in total. The summed E-state index contributed by atoms with van der Waals surface area (Å²) in [6, 6.07) is 15.8. The number of aromatic nitrogens is 1. The molecule has 2 aromatic heterocycles. The summed E-state index contributed by atoms with van der Waals surface area (Å²) in [6.45, 7) is 4.01. The van der Waals surface area contributed by atoms with Gasteiger partial charge in [-0.05, 0) is 54.3 Å². The third-order valence-corrected chi connectivity index (χ3v) is 5.91. The fourth-order valence-electron chi connectivity index (χ4n) is 4.03. The molecule has 0 bridgehead atoms. The van der Waals surface area contributed by atoms with E-state index >= 15 is 0 Å². The van der Waals surface area contributed by atoms with Crippen LogP contribution in [0.5, 0.6) is 0 Å². The van der Waals surface area contributed by atoms with Gasteiger partial charge in [-0.15, -0.1) is 0 Å². The zero-order chi connectivity index (χ0) is 21.7. The number of hydrogen-bond donors (Lipinski definition) is 0. The number of halogens is 1. The predicted molar refractivity (Wildman–Crippen MR) is 121 cm³/mol. The number of carbonyl (C=O) groups excluding carboxylic acids is 1. The van der Waals surface area contributed by atoms with Gasteiger partial charge >= 0.3 is 0 Å². The van der Waals surface area contributed by atoms with Gasteiger partial charge in [0.25, 0.3) is 5.91 Å². The lowest BCUT2D eigenvalue weighted by molar-refractivity contribution is 0.0970. The molecule has 1 amide bonds. The van der Waals surface area contributed by atoms with Crippen molar-refractivity contribution in [3.63, 3.8) is 0 Å². The van der Waals surface area contributed by atoms with E-state index in [-0.39, 0.29) is 17.1 Å². The highest BCUT2D eigenvalue weighted by atomic mass is 35.5. The molecule has 5 rings (SSSR count). The smallest absolute Gasteiger partial charge is 0.296 e. The van der Waals surface area contributed by atoms with Crippen LogP contribution < -0.4 is 10.3 Å². The molecule has 1 unspecified atom stereocenters. The van der Waals surface area contributed by atoms with E-state index in [2.05, 4.69) is 11.9 Å². The minimum atomic E-state index is -0.636. The number of carbonyl (C=O) groups is 1. The maximum absolute atomic E-state index is 13.5. The SMILES string of the molecule is CCc1ccc(C2c3c(oc4ccc(Cl)cc4c3=O)C(=O)N2c2ccc(C)cn2)cc1. The predicted octanol–water partition coefficient (Wildman–Crippen LogP) is 5.46. The first-order valence-corrected chi connectivity index (χ1v) is 10.5. The van der Waals surface area contributed by atoms with Crippen molar-refractivity contribution in [2.45, 2.75) is 26.3 Å². The summed E-state index contributed by atoms with van der Waals surface area (Å²) >= 11 is 6.13. The van der Waals surface area contributed by atoms with Gasteiger partial charge in [-0.1, -0.05) is 48.9 Å². The molecule has 1 aliphatic rings. The molecule has 6 heteroatoms. The highest BCUT2D eigenvalue weighted by molar-refractivity contribution is 6.31. The number of benzene rings is 2. The molecule has 0 radical (unpaired) electrons. The van der Waals surface area contributed by atoms with Crippen molar-refractivity contribution >= 4 is 34.3 Å². The average molecular weight is 431 g/mol. The van der Waals surface area contributed by atoms with Crippen LogP contribution in [0.4, 0.5) is 5.82 Å². The van der Waals surface area contributed by atoms with Crippen molar-refractivity contribution in [2.75, 3.05) is 4.90 Å². The molecule has 3 heterocycles. The molecule has 0 spiro atoms. The summed E-state index contributed by atoms with van der Waals surface area (Å²) in [5, 5.41) is 0.790. The van der Waals surface area contributed by atoms with Gasteiger partial charge in [0.15, 0.2) is 5.43 Å². The van der Waals surface area contributed by atoms with Crippen LogP contribution in [0.3, 0.4) is 0 Å². The first kappa shape index (κ1) is 19.5. The molecule has 1 atom stereocenters. The summed E-state index contributed by atoms with van der Waals surface area (Å²) < 4.78 is 5.95. The normalized spacial score (nSPS) is 15.5. The Bertz CT molecular complexity index is 1380. The van der Waals surface area contributed by atoms with E-state index in [0.717, 1.165) is 17.5 Å². The number of rotatable bonds is 3. The van der Waals surface area contributed by atoms with E-state index in [1.54, 1.807) is 30.5 Å². The number of nitrogens with zero attached hydrogens (tertiary/aromatic N) is 2. The van der Waals surface area contributed by atoms with E-state index < -0.39 is 6.04 Å². The quantitative estimate of drug-likeness (QED) is 0.432. The third-order valence-electron chi connectivity index (χ3n) is 5.68. The molecule has 4 aromatic rings. The van der Waals surface area contributed by atoms with Crippen molar-refractivity contribution in [3.05, 3.63) is 104 Å². The highest BCUT2D eigenvalue weighted by Gasteiger charge is 2.44. The molecule has 0 fully saturated rings. The Morgan fingerprint density at radius 2 is 1.84 bits per heavy atom. The molecule has 0 aliphatic carbocycles. The number of aryl methyl sites for hydroxylation is 2. The summed E-state index contributed by atoms with van der Waals surface area (Å²) in [5.74, 6) is 0.129. The zero-order valence-electron chi connectivity index (χ0n) is 17.1. The summed E-state index contributed by atoms with van der Waals surface area (Å²) in [7, 11) is 0. The van der Waals surface area contributed by atoms with Gasteiger partial charge in [0.2, 0.25) is 5.76 Å². The summed E-state index contributed by atoms with van der Waals surface area (Å²) in [5.41, 5.74) is 3.36. The van der Waals surface area contributed by atoms with Crippen LogP contribution in [0.15, 0.2) is 70.0 Å². The van der Waals surface area contributed by atoms with Gasteiger partial charge in [-0.3, -0.25) is 14.5 Å². The largest absolute Gasteiger partial charge is 0.450 e. The Morgan fingerprint density at radius 1 is 1.06 bits per heavy atom. The maximum Gasteiger partial charge on any atom is 0.296 e. The molecule has 2 aromatic carbocycles. The second-order valence-corrected chi connectivity index (χ2v) is 8.12. The van der Waals surface area contributed by atoms with Crippen molar-refractivity contribution in [1.82, 2.24) is 4.98 Å². The van der Waals surface area contributed by atoms with Crippen LogP contribution in [0.1, 0.15) is 45.8 Å². The van der Waals surface area contributed by atoms with Crippen LogP contribution in [0.25, 0.3) is 11.0 Å². The average Bonchev–Trinajstić information content (AvgIpc) is 3.07. The molecule has 0 saturated carbocycles. The van der Waals surface area contributed by atoms with Gasteiger partial charge in [0, 0.05) is 11.2 Å². The van der Waals surface area contributed by atoms with Gasteiger partial charge in [-0.25, -0.2) is 4.98 Å². The molecule has 31 heavy (non-hydrogen) atoms. The topological polar surface area (TPSA) is 63.4 Å².